The van der Waals surface area contributed by atoms with Crippen LogP contribution in [0.5, 0.6) is 0 Å². The van der Waals surface area contributed by atoms with Crippen molar-refractivity contribution in [2.75, 3.05) is 0 Å². The molecule has 6 heteroatoms. The molecule has 90 valence electrons. The van der Waals surface area contributed by atoms with Gasteiger partial charge in [-0.3, -0.25) is 4.57 Å². The molecule has 2 aromatic rings. The minimum atomic E-state index is -1.02. The number of hydrogen-bond donors (Lipinski definition) is 1. The summed E-state index contributed by atoms with van der Waals surface area (Å²) in [6, 6.07) is 4.87. The fourth-order valence-corrected chi connectivity index (χ4v) is 1.57. The molecule has 0 saturated carbocycles. The molecule has 0 aliphatic heterocycles. The standard InChI is InChI=1S/C12H10N4O2/c1-2-9-5-8(12(17)18)6-10(15-9)16-4-3-14-11(16)7-13/h3-6H,2H2,1H3,(H,17,18). The van der Waals surface area contributed by atoms with Gasteiger partial charge in [-0.05, 0) is 18.6 Å². The number of pyridine rings is 1. The van der Waals surface area contributed by atoms with Crippen molar-refractivity contribution in [3.8, 4) is 11.9 Å². The summed E-state index contributed by atoms with van der Waals surface area (Å²) in [5.41, 5.74) is 0.803. The van der Waals surface area contributed by atoms with Gasteiger partial charge in [-0.15, -0.1) is 0 Å². The van der Waals surface area contributed by atoms with Crippen LogP contribution in [-0.4, -0.2) is 25.6 Å². The van der Waals surface area contributed by atoms with E-state index in [2.05, 4.69) is 9.97 Å². The lowest BCUT2D eigenvalue weighted by molar-refractivity contribution is 0.0696. The maximum atomic E-state index is 11.0. The van der Waals surface area contributed by atoms with Crippen LogP contribution in [0.3, 0.4) is 0 Å². The van der Waals surface area contributed by atoms with E-state index in [1.807, 2.05) is 13.0 Å². The Labute approximate surface area is 103 Å². The first-order chi connectivity index (χ1) is 8.65. The summed E-state index contributed by atoms with van der Waals surface area (Å²) in [6.45, 7) is 1.89. The number of aromatic nitrogens is 3. The predicted molar refractivity (Wildman–Crippen MR) is 62.4 cm³/mol. The van der Waals surface area contributed by atoms with Crippen LogP contribution in [0.1, 0.15) is 28.8 Å². The molecule has 0 aliphatic rings. The minimum Gasteiger partial charge on any atom is -0.478 e. The Morgan fingerprint density at radius 2 is 2.33 bits per heavy atom. The SMILES string of the molecule is CCc1cc(C(=O)O)cc(-n2ccnc2C#N)n1. The molecular weight excluding hydrogens is 232 g/mol. The van der Waals surface area contributed by atoms with Crippen molar-refractivity contribution in [3.05, 3.63) is 41.6 Å². The van der Waals surface area contributed by atoms with Gasteiger partial charge >= 0.3 is 5.97 Å². The molecule has 0 saturated heterocycles. The van der Waals surface area contributed by atoms with Crippen molar-refractivity contribution in [2.45, 2.75) is 13.3 Å². The van der Waals surface area contributed by atoms with Gasteiger partial charge < -0.3 is 5.11 Å². The predicted octanol–water partition coefficient (Wildman–Crippen LogP) is 1.40. The zero-order valence-electron chi connectivity index (χ0n) is 9.66. The lowest BCUT2D eigenvalue weighted by Gasteiger charge is -2.06. The van der Waals surface area contributed by atoms with E-state index in [0.29, 0.717) is 17.9 Å². The number of carboxylic acids is 1. The van der Waals surface area contributed by atoms with E-state index >= 15 is 0 Å². The number of hydrogen-bond acceptors (Lipinski definition) is 4. The van der Waals surface area contributed by atoms with Crippen LogP contribution in [0.2, 0.25) is 0 Å². The van der Waals surface area contributed by atoms with E-state index in [1.165, 1.54) is 22.9 Å². The molecule has 0 fully saturated rings. The number of nitriles is 1. The fourth-order valence-electron chi connectivity index (χ4n) is 1.57. The zero-order valence-corrected chi connectivity index (χ0v) is 9.66. The molecule has 0 aromatic carbocycles. The second-order valence-electron chi connectivity index (χ2n) is 3.60. The van der Waals surface area contributed by atoms with Crippen molar-refractivity contribution in [2.24, 2.45) is 0 Å². The van der Waals surface area contributed by atoms with Crippen molar-refractivity contribution in [3.63, 3.8) is 0 Å². The van der Waals surface area contributed by atoms with E-state index < -0.39 is 5.97 Å². The first-order valence-corrected chi connectivity index (χ1v) is 5.33. The molecule has 6 nitrogen and oxygen atoms in total. The van der Waals surface area contributed by atoms with E-state index in [1.54, 1.807) is 6.20 Å². The van der Waals surface area contributed by atoms with Gasteiger partial charge in [0.2, 0.25) is 5.82 Å². The average molecular weight is 242 g/mol. The molecule has 2 rings (SSSR count). The summed E-state index contributed by atoms with van der Waals surface area (Å²) in [5.74, 6) is -0.458. The Morgan fingerprint density at radius 3 is 2.94 bits per heavy atom. The number of rotatable bonds is 3. The summed E-state index contributed by atoms with van der Waals surface area (Å²) < 4.78 is 1.46. The van der Waals surface area contributed by atoms with Gasteiger partial charge in [-0.25, -0.2) is 14.8 Å². The molecular formula is C12H10N4O2. The Kier molecular flexibility index (Phi) is 3.06. The van der Waals surface area contributed by atoms with Gasteiger partial charge in [0.05, 0.1) is 5.56 Å². The minimum absolute atomic E-state index is 0.148. The van der Waals surface area contributed by atoms with Crippen molar-refractivity contribution in [1.82, 2.24) is 14.5 Å². The molecule has 2 aromatic heterocycles. The third-order valence-electron chi connectivity index (χ3n) is 2.46. The Hall–Kier alpha value is -2.68. The van der Waals surface area contributed by atoms with Gasteiger partial charge in [0.1, 0.15) is 11.9 Å². The molecule has 0 aliphatic carbocycles. The van der Waals surface area contributed by atoms with Gasteiger partial charge in [0, 0.05) is 18.1 Å². The zero-order chi connectivity index (χ0) is 13.1. The summed E-state index contributed by atoms with van der Waals surface area (Å²) in [4.78, 5) is 19.2. The second-order valence-corrected chi connectivity index (χ2v) is 3.60. The molecule has 0 radical (unpaired) electrons. The number of carbonyl (C=O) groups is 1. The average Bonchev–Trinajstić information content (AvgIpc) is 2.86. The van der Waals surface area contributed by atoms with Gasteiger partial charge in [-0.2, -0.15) is 5.26 Å². The van der Waals surface area contributed by atoms with E-state index in [9.17, 15) is 4.79 Å². The van der Waals surface area contributed by atoms with Crippen LogP contribution in [0.25, 0.3) is 5.82 Å². The van der Waals surface area contributed by atoms with Crippen molar-refractivity contribution >= 4 is 5.97 Å². The quantitative estimate of drug-likeness (QED) is 0.878. The van der Waals surface area contributed by atoms with Crippen LogP contribution in [0.4, 0.5) is 0 Å². The second kappa shape index (κ2) is 4.67. The molecule has 0 unspecified atom stereocenters. The largest absolute Gasteiger partial charge is 0.478 e. The Balaban J connectivity index is 2.61. The molecule has 0 amide bonds. The molecule has 2 heterocycles. The summed E-state index contributed by atoms with van der Waals surface area (Å²) >= 11 is 0. The summed E-state index contributed by atoms with van der Waals surface area (Å²) in [6.07, 6.45) is 3.66. The van der Waals surface area contributed by atoms with Crippen LogP contribution in [0.15, 0.2) is 24.5 Å². The van der Waals surface area contributed by atoms with Crippen LogP contribution >= 0.6 is 0 Å². The van der Waals surface area contributed by atoms with Crippen LogP contribution in [0, 0.1) is 11.3 Å². The third-order valence-corrected chi connectivity index (χ3v) is 2.46. The smallest absolute Gasteiger partial charge is 0.335 e. The number of carboxylic acid groups (broad SMARTS) is 1. The van der Waals surface area contributed by atoms with E-state index in [0.717, 1.165) is 0 Å². The van der Waals surface area contributed by atoms with E-state index in [4.69, 9.17) is 10.4 Å². The molecule has 18 heavy (non-hydrogen) atoms. The number of aromatic carboxylic acids is 1. The third kappa shape index (κ3) is 2.06. The summed E-state index contributed by atoms with van der Waals surface area (Å²) in [5, 5.41) is 17.9. The Bertz CT molecular complexity index is 640. The molecule has 0 atom stereocenters. The Morgan fingerprint density at radius 1 is 1.56 bits per heavy atom. The highest BCUT2D eigenvalue weighted by Crippen LogP contribution is 2.13. The summed E-state index contributed by atoms with van der Waals surface area (Å²) in [7, 11) is 0. The van der Waals surface area contributed by atoms with Crippen molar-refractivity contribution in [1.29, 1.82) is 5.26 Å². The molecule has 0 bridgehead atoms. The van der Waals surface area contributed by atoms with Gasteiger partial charge in [-0.1, -0.05) is 6.92 Å². The number of imidazole rings is 1. The van der Waals surface area contributed by atoms with E-state index in [-0.39, 0.29) is 11.4 Å². The monoisotopic (exact) mass is 242 g/mol. The first kappa shape index (κ1) is 11.8. The first-order valence-electron chi connectivity index (χ1n) is 5.33. The fraction of sp³-hybridized carbons (Fsp3) is 0.167. The van der Waals surface area contributed by atoms with Gasteiger partial charge in [0.25, 0.3) is 0 Å². The van der Waals surface area contributed by atoms with Crippen molar-refractivity contribution < 1.29 is 9.90 Å². The number of nitrogens with zero attached hydrogens (tertiary/aromatic N) is 4. The van der Waals surface area contributed by atoms with Crippen LogP contribution in [-0.2, 0) is 6.42 Å². The topological polar surface area (TPSA) is 91.8 Å². The highest BCUT2D eigenvalue weighted by Gasteiger charge is 2.11. The van der Waals surface area contributed by atoms with Crippen LogP contribution < -0.4 is 0 Å². The maximum Gasteiger partial charge on any atom is 0.335 e. The van der Waals surface area contributed by atoms with Gasteiger partial charge in [0.15, 0.2) is 0 Å². The maximum absolute atomic E-state index is 11.0. The lowest BCUT2D eigenvalue weighted by Crippen LogP contribution is -2.06. The number of aryl methyl sites for hydroxylation is 1. The molecule has 1 N–H and O–H groups in total. The molecule has 0 spiro atoms. The normalized spacial score (nSPS) is 10.0. The lowest BCUT2D eigenvalue weighted by atomic mass is 10.2. The highest BCUT2D eigenvalue weighted by molar-refractivity contribution is 5.88. The highest BCUT2D eigenvalue weighted by atomic mass is 16.4.